The van der Waals surface area contributed by atoms with Gasteiger partial charge in [-0.25, -0.2) is 0 Å². The van der Waals surface area contributed by atoms with Crippen molar-refractivity contribution in [3.05, 3.63) is 59.4 Å². The van der Waals surface area contributed by atoms with Crippen LogP contribution < -0.4 is 10.6 Å². The molecule has 1 aliphatic heterocycles. The summed E-state index contributed by atoms with van der Waals surface area (Å²) in [6.07, 6.45) is 9.57. The van der Waals surface area contributed by atoms with Crippen LogP contribution in [0.2, 0.25) is 0 Å². The second-order valence-corrected chi connectivity index (χ2v) is 8.29. The van der Waals surface area contributed by atoms with E-state index in [2.05, 4.69) is 54.1 Å². The lowest BCUT2D eigenvalue weighted by atomic mass is 9.83. The number of rotatable bonds is 3. The number of anilines is 1. The van der Waals surface area contributed by atoms with Gasteiger partial charge in [0, 0.05) is 42.1 Å². The number of hydrogen-bond donors (Lipinski definition) is 1. The number of pyridine rings is 1. The van der Waals surface area contributed by atoms with Gasteiger partial charge in [0.1, 0.15) is 0 Å². The monoisotopic (exact) mass is 335 g/mol. The Hall–Kier alpha value is -1.87. The van der Waals surface area contributed by atoms with Crippen molar-refractivity contribution >= 4 is 5.69 Å². The summed E-state index contributed by atoms with van der Waals surface area (Å²) in [7, 11) is 0. The molecule has 0 radical (unpaired) electrons. The van der Waals surface area contributed by atoms with Crippen LogP contribution in [0.25, 0.3) is 0 Å². The molecule has 1 aliphatic carbocycles. The van der Waals surface area contributed by atoms with E-state index in [9.17, 15) is 0 Å². The van der Waals surface area contributed by atoms with E-state index in [0.717, 1.165) is 25.8 Å². The minimum atomic E-state index is -0.0401. The van der Waals surface area contributed by atoms with E-state index in [1.807, 2.05) is 12.4 Å². The van der Waals surface area contributed by atoms with Crippen LogP contribution in [0, 0.1) is 6.92 Å². The average molecular weight is 335 g/mol. The molecule has 1 aromatic carbocycles. The fourth-order valence-corrected chi connectivity index (χ4v) is 4.84. The second-order valence-electron chi connectivity index (χ2n) is 8.29. The smallest absolute Gasteiger partial charge is 0.0405 e. The standard InChI is InChI=1S/C22H29N3/c1-16-5-6-21-18(14-16)19-15-22(2,23)10-3-4-20(19)25(21)13-9-17-7-11-24-12-8-17/h5-8,11-12,14,19-20H,3-4,9-10,13,15,23H2,1-2H3/t19-,20+,22?/m1/s1. The molecular weight excluding hydrogens is 306 g/mol. The minimum absolute atomic E-state index is 0.0401. The van der Waals surface area contributed by atoms with E-state index in [-0.39, 0.29) is 5.54 Å². The molecule has 2 heterocycles. The van der Waals surface area contributed by atoms with Gasteiger partial charge in [-0.15, -0.1) is 0 Å². The Morgan fingerprint density at radius 2 is 2.04 bits per heavy atom. The number of aromatic nitrogens is 1. The van der Waals surface area contributed by atoms with Crippen molar-refractivity contribution in [2.75, 3.05) is 11.4 Å². The van der Waals surface area contributed by atoms with Crippen LogP contribution in [0.5, 0.6) is 0 Å². The molecule has 2 N–H and O–H groups in total. The Labute approximate surface area is 151 Å². The molecule has 0 amide bonds. The lowest BCUT2D eigenvalue weighted by Gasteiger charge is -2.30. The van der Waals surface area contributed by atoms with Crippen molar-refractivity contribution in [3.63, 3.8) is 0 Å². The number of nitrogens with zero attached hydrogens (tertiary/aromatic N) is 2. The zero-order chi connectivity index (χ0) is 17.4. The van der Waals surface area contributed by atoms with Crippen molar-refractivity contribution in [2.24, 2.45) is 5.73 Å². The zero-order valence-electron chi connectivity index (χ0n) is 15.4. The molecule has 3 heteroatoms. The third-order valence-corrected chi connectivity index (χ3v) is 6.08. The Kier molecular flexibility index (Phi) is 4.28. The third kappa shape index (κ3) is 3.30. The molecule has 0 saturated heterocycles. The predicted molar refractivity (Wildman–Crippen MR) is 104 cm³/mol. The van der Waals surface area contributed by atoms with Crippen LogP contribution in [0.15, 0.2) is 42.7 Å². The summed E-state index contributed by atoms with van der Waals surface area (Å²) in [6.45, 7) is 5.51. The molecule has 0 bridgehead atoms. The fourth-order valence-electron chi connectivity index (χ4n) is 4.84. The third-order valence-electron chi connectivity index (χ3n) is 6.08. The molecule has 1 unspecified atom stereocenters. The van der Waals surface area contributed by atoms with Gasteiger partial charge in [0.05, 0.1) is 0 Å². The molecule has 0 spiro atoms. The minimum Gasteiger partial charge on any atom is -0.367 e. The Bertz CT molecular complexity index is 738. The maximum Gasteiger partial charge on any atom is 0.0405 e. The van der Waals surface area contributed by atoms with Crippen molar-refractivity contribution < 1.29 is 0 Å². The Balaban J connectivity index is 1.64. The first-order chi connectivity index (χ1) is 12.0. The van der Waals surface area contributed by atoms with Crippen molar-refractivity contribution in [1.82, 2.24) is 4.98 Å². The number of benzene rings is 1. The number of nitrogens with two attached hydrogens (primary N) is 1. The van der Waals surface area contributed by atoms with Gasteiger partial charge < -0.3 is 10.6 Å². The van der Waals surface area contributed by atoms with E-state index in [1.165, 1.54) is 35.2 Å². The Morgan fingerprint density at radius 3 is 2.84 bits per heavy atom. The maximum absolute atomic E-state index is 6.61. The normalized spacial score (nSPS) is 28.4. The largest absolute Gasteiger partial charge is 0.367 e. The van der Waals surface area contributed by atoms with Crippen molar-refractivity contribution in [1.29, 1.82) is 0 Å². The molecule has 2 aliphatic rings. The highest BCUT2D eigenvalue weighted by atomic mass is 15.2. The van der Waals surface area contributed by atoms with Crippen molar-refractivity contribution in [2.45, 2.75) is 63.5 Å². The lowest BCUT2D eigenvalue weighted by Crippen LogP contribution is -2.39. The van der Waals surface area contributed by atoms with E-state index in [4.69, 9.17) is 5.73 Å². The molecule has 1 saturated carbocycles. The number of fused-ring (bicyclic) bond motifs is 3. The summed E-state index contributed by atoms with van der Waals surface area (Å²) in [5.41, 5.74) is 12.3. The average Bonchev–Trinajstić information content (AvgIpc) is 2.75. The van der Waals surface area contributed by atoms with Gasteiger partial charge in [0.2, 0.25) is 0 Å². The van der Waals surface area contributed by atoms with Crippen LogP contribution >= 0.6 is 0 Å². The molecule has 25 heavy (non-hydrogen) atoms. The topological polar surface area (TPSA) is 42.1 Å². The molecule has 1 aromatic heterocycles. The van der Waals surface area contributed by atoms with Gasteiger partial charge in [-0.3, -0.25) is 4.98 Å². The van der Waals surface area contributed by atoms with Crippen LogP contribution in [-0.2, 0) is 6.42 Å². The van der Waals surface area contributed by atoms with Crippen molar-refractivity contribution in [3.8, 4) is 0 Å². The number of hydrogen-bond acceptors (Lipinski definition) is 3. The first-order valence-electron chi connectivity index (χ1n) is 9.58. The highest BCUT2D eigenvalue weighted by Gasteiger charge is 2.42. The molecule has 3 nitrogen and oxygen atoms in total. The summed E-state index contributed by atoms with van der Waals surface area (Å²) < 4.78 is 0. The first kappa shape index (κ1) is 16.6. The highest BCUT2D eigenvalue weighted by Crippen LogP contribution is 2.48. The van der Waals surface area contributed by atoms with E-state index in [0.29, 0.717) is 12.0 Å². The van der Waals surface area contributed by atoms with Crippen LogP contribution in [0.3, 0.4) is 0 Å². The molecule has 2 aromatic rings. The van der Waals surface area contributed by atoms with Crippen LogP contribution in [-0.4, -0.2) is 23.1 Å². The first-order valence-corrected chi connectivity index (χ1v) is 9.58. The van der Waals surface area contributed by atoms with Gasteiger partial charge in [-0.05, 0) is 75.3 Å². The molecular formula is C22H29N3. The molecule has 1 fully saturated rings. The molecule has 132 valence electrons. The van der Waals surface area contributed by atoms with Crippen LogP contribution in [0.1, 0.15) is 55.2 Å². The van der Waals surface area contributed by atoms with Gasteiger partial charge in [0.15, 0.2) is 0 Å². The summed E-state index contributed by atoms with van der Waals surface area (Å²) >= 11 is 0. The fraction of sp³-hybridized carbons (Fsp3) is 0.500. The maximum atomic E-state index is 6.61. The summed E-state index contributed by atoms with van der Waals surface area (Å²) in [5, 5.41) is 0. The lowest BCUT2D eigenvalue weighted by molar-refractivity contribution is 0.383. The highest BCUT2D eigenvalue weighted by molar-refractivity contribution is 5.63. The van der Waals surface area contributed by atoms with E-state index < -0.39 is 0 Å². The predicted octanol–water partition coefficient (Wildman–Crippen LogP) is 4.20. The molecule has 4 rings (SSSR count). The zero-order valence-corrected chi connectivity index (χ0v) is 15.4. The second kappa shape index (κ2) is 6.45. The van der Waals surface area contributed by atoms with Gasteiger partial charge in [-0.1, -0.05) is 17.7 Å². The summed E-state index contributed by atoms with van der Waals surface area (Å²) in [4.78, 5) is 6.81. The number of aryl methyl sites for hydroxylation is 1. The van der Waals surface area contributed by atoms with Gasteiger partial charge in [0.25, 0.3) is 0 Å². The summed E-state index contributed by atoms with van der Waals surface area (Å²) in [6, 6.07) is 11.9. The Morgan fingerprint density at radius 1 is 1.24 bits per heavy atom. The summed E-state index contributed by atoms with van der Waals surface area (Å²) in [5.74, 6) is 0.574. The van der Waals surface area contributed by atoms with Crippen LogP contribution in [0.4, 0.5) is 5.69 Å². The SMILES string of the molecule is Cc1ccc2c(c1)[C@H]1CC(C)(N)CCC[C@@H]1N2CCc1ccncc1. The quantitative estimate of drug-likeness (QED) is 0.914. The van der Waals surface area contributed by atoms with E-state index in [1.54, 1.807) is 0 Å². The van der Waals surface area contributed by atoms with E-state index >= 15 is 0 Å². The van der Waals surface area contributed by atoms with Gasteiger partial charge in [-0.2, -0.15) is 0 Å². The van der Waals surface area contributed by atoms with Gasteiger partial charge >= 0.3 is 0 Å². The molecule has 3 atom stereocenters.